The van der Waals surface area contributed by atoms with Crippen LogP contribution in [-0.2, 0) is 16.8 Å². The minimum absolute atomic E-state index is 0.0801. The zero-order chi connectivity index (χ0) is 14.5. The maximum absolute atomic E-state index is 8.68. The predicted octanol–water partition coefficient (Wildman–Crippen LogP) is 3.91. The monoisotopic (exact) mass is 264 g/mol. The average molecular weight is 264 g/mol. The van der Waals surface area contributed by atoms with E-state index in [1.54, 1.807) is 0 Å². The number of ether oxygens (including phenoxy) is 1. The van der Waals surface area contributed by atoms with E-state index in [1.165, 1.54) is 5.56 Å². The molecule has 0 radical (unpaired) electrons. The van der Waals surface area contributed by atoms with E-state index in [9.17, 15) is 0 Å². The van der Waals surface area contributed by atoms with Gasteiger partial charge in [0.2, 0.25) is 0 Å². The van der Waals surface area contributed by atoms with Crippen LogP contribution < -0.4 is 0 Å². The van der Waals surface area contributed by atoms with Gasteiger partial charge < -0.3 is 9.84 Å². The van der Waals surface area contributed by atoms with Crippen LogP contribution in [0, 0.1) is 5.41 Å². The molecule has 1 N–H and O–H groups in total. The summed E-state index contributed by atoms with van der Waals surface area (Å²) in [5, 5.41) is 8.68. The van der Waals surface area contributed by atoms with Gasteiger partial charge in [-0.2, -0.15) is 0 Å². The summed E-state index contributed by atoms with van der Waals surface area (Å²) < 4.78 is 5.32. The second kappa shape index (κ2) is 6.53. The summed E-state index contributed by atoms with van der Waals surface area (Å²) in [6, 6.07) is 8.64. The Labute approximate surface area is 117 Å². The van der Waals surface area contributed by atoms with Gasteiger partial charge in [-0.1, -0.05) is 58.9 Å². The third kappa shape index (κ3) is 5.75. The van der Waals surface area contributed by atoms with Crippen LogP contribution in [0.5, 0.6) is 0 Å². The number of aliphatic hydroxyl groups is 1. The zero-order valence-corrected chi connectivity index (χ0v) is 13.0. The lowest BCUT2D eigenvalue weighted by Gasteiger charge is -2.33. The third-order valence-corrected chi connectivity index (χ3v) is 3.21. The van der Waals surface area contributed by atoms with Gasteiger partial charge in [0.05, 0.1) is 19.8 Å². The van der Waals surface area contributed by atoms with Crippen LogP contribution in [0.25, 0.3) is 0 Å². The molecular formula is C17H28O2. The first-order chi connectivity index (χ1) is 8.74. The first-order valence-electron chi connectivity index (χ1n) is 7.03. The minimum atomic E-state index is 0.0801. The number of hydrogen-bond donors (Lipinski definition) is 1. The van der Waals surface area contributed by atoms with Crippen molar-refractivity contribution in [1.29, 1.82) is 0 Å². The van der Waals surface area contributed by atoms with Crippen molar-refractivity contribution in [3.8, 4) is 0 Å². The van der Waals surface area contributed by atoms with Gasteiger partial charge in [0.1, 0.15) is 0 Å². The van der Waals surface area contributed by atoms with Crippen molar-refractivity contribution in [2.24, 2.45) is 5.41 Å². The Morgan fingerprint density at radius 2 is 1.58 bits per heavy atom. The maximum Gasteiger partial charge on any atom is 0.0718 e. The third-order valence-electron chi connectivity index (χ3n) is 3.21. The highest BCUT2D eigenvalue weighted by molar-refractivity contribution is 5.28. The van der Waals surface area contributed by atoms with Crippen molar-refractivity contribution in [3.63, 3.8) is 0 Å². The van der Waals surface area contributed by atoms with E-state index in [0.29, 0.717) is 18.6 Å². The van der Waals surface area contributed by atoms with Crippen LogP contribution in [0.3, 0.4) is 0 Å². The molecule has 1 aromatic carbocycles. The van der Waals surface area contributed by atoms with E-state index in [2.05, 4.69) is 58.9 Å². The average Bonchev–Trinajstić information content (AvgIpc) is 2.27. The summed E-state index contributed by atoms with van der Waals surface area (Å²) in [6.07, 6.45) is 1.15. The Bertz CT molecular complexity index is 371. The lowest BCUT2D eigenvalue weighted by molar-refractivity contribution is 0.0815. The van der Waals surface area contributed by atoms with Crippen LogP contribution in [-0.4, -0.2) is 18.3 Å². The van der Waals surface area contributed by atoms with Crippen molar-refractivity contribution < 1.29 is 9.84 Å². The normalized spacial score (nSPS) is 12.7. The molecule has 0 amide bonds. The predicted molar refractivity (Wildman–Crippen MR) is 80.3 cm³/mol. The summed E-state index contributed by atoms with van der Waals surface area (Å²) >= 11 is 0. The first-order valence-corrected chi connectivity index (χ1v) is 7.03. The molecule has 0 bridgehead atoms. The van der Waals surface area contributed by atoms with Crippen molar-refractivity contribution >= 4 is 0 Å². The Morgan fingerprint density at radius 3 is 2.05 bits per heavy atom. The molecule has 0 aliphatic rings. The second-order valence-electron chi connectivity index (χ2n) is 7.09. The second-order valence-corrected chi connectivity index (χ2v) is 7.09. The van der Waals surface area contributed by atoms with E-state index >= 15 is 0 Å². The highest BCUT2D eigenvalue weighted by Gasteiger charge is 2.26. The van der Waals surface area contributed by atoms with E-state index in [1.807, 2.05) is 0 Å². The number of aliphatic hydroxyl groups excluding tert-OH is 1. The van der Waals surface area contributed by atoms with Gasteiger partial charge in [0.25, 0.3) is 0 Å². The molecule has 0 spiro atoms. The molecule has 0 aliphatic heterocycles. The fraction of sp³-hybridized carbons (Fsp3) is 0.647. The van der Waals surface area contributed by atoms with E-state index in [-0.39, 0.29) is 12.0 Å². The molecule has 1 rings (SSSR count). The van der Waals surface area contributed by atoms with Gasteiger partial charge >= 0.3 is 0 Å². The van der Waals surface area contributed by atoms with E-state index < -0.39 is 0 Å². The molecule has 0 heterocycles. The lowest BCUT2D eigenvalue weighted by Crippen LogP contribution is -2.24. The van der Waals surface area contributed by atoms with Crippen molar-refractivity contribution in [2.75, 3.05) is 13.2 Å². The number of rotatable bonds is 6. The summed E-state index contributed by atoms with van der Waals surface area (Å²) in [4.78, 5) is 0. The molecule has 108 valence electrons. The van der Waals surface area contributed by atoms with Gasteiger partial charge in [-0.15, -0.1) is 0 Å². The molecule has 0 aromatic heterocycles. The van der Waals surface area contributed by atoms with Crippen molar-refractivity contribution in [2.45, 2.75) is 53.1 Å². The fourth-order valence-electron chi connectivity index (χ4n) is 2.73. The summed E-state index contributed by atoms with van der Waals surface area (Å²) in [6.45, 7) is 12.5. The summed E-state index contributed by atoms with van der Waals surface area (Å²) in [7, 11) is 0. The standard InChI is InChI=1S/C17H28O2/c1-16(2,3)13-17(4,5)15-8-6-14(7-9-15)12-19-11-10-18/h6-9,18H,10-13H2,1-5H3. The van der Waals surface area contributed by atoms with Crippen LogP contribution in [0.15, 0.2) is 24.3 Å². The van der Waals surface area contributed by atoms with Crippen LogP contribution in [0.4, 0.5) is 0 Å². The first kappa shape index (κ1) is 16.2. The molecule has 0 fully saturated rings. The highest BCUT2D eigenvalue weighted by Crippen LogP contribution is 2.36. The Hall–Kier alpha value is -0.860. The molecule has 0 unspecified atom stereocenters. The van der Waals surface area contributed by atoms with Crippen LogP contribution >= 0.6 is 0 Å². The highest BCUT2D eigenvalue weighted by atomic mass is 16.5. The summed E-state index contributed by atoms with van der Waals surface area (Å²) in [5.41, 5.74) is 3.03. The van der Waals surface area contributed by atoms with Crippen LogP contribution in [0.2, 0.25) is 0 Å². The minimum Gasteiger partial charge on any atom is -0.394 e. The number of hydrogen-bond acceptors (Lipinski definition) is 2. The largest absolute Gasteiger partial charge is 0.394 e. The Kier molecular flexibility index (Phi) is 5.57. The van der Waals surface area contributed by atoms with Gasteiger partial charge in [0, 0.05) is 0 Å². The summed E-state index contributed by atoms with van der Waals surface area (Å²) in [5.74, 6) is 0. The molecular weight excluding hydrogens is 236 g/mol. The zero-order valence-electron chi connectivity index (χ0n) is 13.0. The van der Waals surface area contributed by atoms with E-state index in [0.717, 1.165) is 12.0 Å². The van der Waals surface area contributed by atoms with Gasteiger partial charge in [0.15, 0.2) is 0 Å². The SMILES string of the molecule is CC(C)(C)CC(C)(C)c1ccc(COCCO)cc1. The van der Waals surface area contributed by atoms with Gasteiger partial charge in [-0.25, -0.2) is 0 Å². The topological polar surface area (TPSA) is 29.5 Å². The molecule has 0 saturated carbocycles. The van der Waals surface area contributed by atoms with Crippen molar-refractivity contribution in [3.05, 3.63) is 35.4 Å². The Morgan fingerprint density at radius 1 is 1.00 bits per heavy atom. The number of benzene rings is 1. The molecule has 1 aromatic rings. The quantitative estimate of drug-likeness (QED) is 0.789. The molecule has 0 atom stereocenters. The fourth-order valence-corrected chi connectivity index (χ4v) is 2.73. The van der Waals surface area contributed by atoms with Gasteiger partial charge in [-0.3, -0.25) is 0 Å². The molecule has 19 heavy (non-hydrogen) atoms. The van der Waals surface area contributed by atoms with Crippen LogP contribution in [0.1, 0.15) is 52.2 Å². The van der Waals surface area contributed by atoms with Crippen molar-refractivity contribution in [1.82, 2.24) is 0 Å². The van der Waals surface area contributed by atoms with E-state index in [4.69, 9.17) is 9.84 Å². The Balaban J connectivity index is 2.69. The molecule has 0 saturated heterocycles. The smallest absolute Gasteiger partial charge is 0.0718 e. The molecule has 0 aliphatic carbocycles. The lowest BCUT2D eigenvalue weighted by atomic mass is 9.72. The molecule has 2 heteroatoms. The van der Waals surface area contributed by atoms with Gasteiger partial charge in [-0.05, 0) is 28.4 Å². The maximum atomic E-state index is 8.68. The molecule has 2 nitrogen and oxygen atoms in total.